The summed E-state index contributed by atoms with van der Waals surface area (Å²) in [7, 11) is 4.42. The standard InChI is InChI=1S/C7H17BN2/c1-4-8-9(2)6-5-7-10(8)3/h4-7H2,1-3H3. The summed E-state index contributed by atoms with van der Waals surface area (Å²) < 4.78 is 0. The van der Waals surface area contributed by atoms with Crippen molar-refractivity contribution in [2.75, 3.05) is 27.2 Å². The minimum atomic E-state index is 0.689. The van der Waals surface area contributed by atoms with Gasteiger partial charge in [0.05, 0.1) is 0 Å². The Kier molecular flexibility index (Phi) is 2.75. The first-order valence-corrected chi connectivity index (χ1v) is 4.16. The van der Waals surface area contributed by atoms with Crippen LogP contribution in [0.5, 0.6) is 0 Å². The van der Waals surface area contributed by atoms with Crippen LogP contribution in [0.3, 0.4) is 0 Å². The average molecular weight is 140 g/mol. The van der Waals surface area contributed by atoms with E-state index in [4.69, 9.17) is 0 Å². The predicted molar refractivity (Wildman–Crippen MR) is 46.1 cm³/mol. The molecule has 0 N–H and O–H groups in total. The number of hydrogen-bond acceptors (Lipinski definition) is 2. The summed E-state index contributed by atoms with van der Waals surface area (Å²) in [4.78, 5) is 4.87. The van der Waals surface area contributed by atoms with Crippen molar-refractivity contribution < 1.29 is 0 Å². The van der Waals surface area contributed by atoms with Crippen molar-refractivity contribution in [3.8, 4) is 0 Å². The number of nitrogens with zero attached hydrogens (tertiary/aromatic N) is 2. The van der Waals surface area contributed by atoms with E-state index in [9.17, 15) is 0 Å². The summed E-state index contributed by atoms with van der Waals surface area (Å²) in [5, 5.41) is 0. The van der Waals surface area contributed by atoms with E-state index in [2.05, 4.69) is 30.6 Å². The average Bonchev–Trinajstić information content (AvgIpc) is 1.88. The van der Waals surface area contributed by atoms with Crippen molar-refractivity contribution in [1.29, 1.82) is 0 Å². The zero-order chi connectivity index (χ0) is 7.56. The molecule has 0 bridgehead atoms. The Balaban J connectivity index is 2.45. The normalized spacial score (nSPS) is 23.7. The topological polar surface area (TPSA) is 6.48 Å². The first kappa shape index (κ1) is 8.09. The molecule has 0 atom stereocenters. The molecular formula is C7H17BN2. The van der Waals surface area contributed by atoms with Gasteiger partial charge in [-0.05, 0) is 39.9 Å². The van der Waals surface area contributed by atoms with Crippen LogP contribution in [0.4, 0.5) is 0 Å². The van der Waals surface area contributed by atoms with Crippen LogP contribution in [0.1, 0.15) is 13.3 Å². The Morgan fingerprint density at radius 2 is 1.70 bits per heavy atom. The zero-order valence-electron chi connectivity index (χ0n) is 7.30. The van der Waals surface area contributed by atoms with E-state index in [1.54, 1.807) is 0 Å². The largest absolute Gasteiger partial charge is 0.331 e. The van der Waals surface area contributed by atoms with Crippen LogP contribution in [0.25, 0.3) is 0 Å². The van der Waals surface area contributed by atoms with E-state index in [1.807, 2.05) is 0 Å². The van der Waals surface area contributed by atoms with Crippen molar-refractivity contribution in [3.63, 3.8) is 0 Å². The molecule has 1 aliphatic rings. The first-order valence-electron chi connectivity index (χ1n) is 4.16. The minimum absolute atomic E-state index is 0.689. The summed E-state index contributed by atoms with van der Waals surface area (Å²) in [6, 6.07) is 0. The molecule has 1 rings (SSSR count). The van der Waals surface area contributed by atoms with Crippen LogP contribution in [0.15, 0.2) is 0 Å². The predicted octanol–water partition coefficient (Wildman–Crippen LogP) is 0.762. The third-order valence-electron chi connectivity index (χ3n) is 2.40. The van der Waals surface area contributed by atoms with Crippen LogP contribution in [0.2, 0.25) is 6.32 Å². The Labute approximate surface area is 64.3 Å². The summed E-state index contributed by atoms with van der Waals surface area (Å²) in [5.41, 5.74) is 0. The number of hydrogen-bond donors (Lipinski definition) is 0. The summed E-state index contributed by atoms with van der Waals surface area (Å²) in [6.07, 6.45) is 2.57. The molecule has 3 heteroatoms. The lowest BCUT2D eigenvalue weighted by atomic mass is 9.67. The van der Waals surface area contributed by atoms with Gasteiger partial charge in [-0.2, -0.15) is 0 Å². The molecule has 2 nitrogen and oxygen atoms in total. The lowest BCUT2D eigenvalue weighted by molar-refractivity contribution is 0.343. The molecule has 0 radical (unpaired) electrons. The lowest BCUT2D eigenvalue weighted by Gasteiger charge is -2.36. The Morgan fingerprint density at radius 1 is 1.20 bits per heavy atom. The van der Waals surface area contributed by atoms with Crippen LogP contribution < -0.4 is 0 Å². The molecule has 58 valence electrons. The Bertz CT molecular complexity index is 97.8. The van der Waals surface area contributed by atoms with Crippen LogP contribution in [-0.4, -0.2) is 43.8 Å². The van der Waals surface area contributed by atoms with Crippen molar-refractivity contribution in [1.82, 2.24) is 9.62 Å². The lowest BCUT2D eigenvalue weighted by Crippen LogP contribution is -2.53. The molecular weight excluding hydrogens is 123 g/mol. The van der Waals surface area contributed by atoms with Crippen molar-refractivity contribution in [3.05, 3.63) is 0 Å². The van der Waals surface area contributed by atoms with Gasteiger partial charge in [-0.3, -0.25) is 0 Å². The van der Waals surface area contributed by atoms with Gasteiger partial charge in [0.15, 0.2) is 0 Å². The fraction of sp³-hybridized carbons (Fsp3) is 1.00. The van der Waals surface area contributed by atoms with Gasteiger partial charge in [0.25, 0.3) is 0 Å². The third-order valence-corrected chi connectivity index (χ3v) is 2.40. The van der Waals surface area contributed by atoms with Crippen molar-refractivity contribution in [2.45, 2.75) is 19.7 Å². The van der Waals surface area contributed by atoms with Crippen LogP contribution >= 0.6 is 0 Å². The van der Waals surface area contributed by atoms with Crippen LogP contribution in [0, 0.1) is 0 Å². The van der Waals surface area contributed by atoms with E-state index in [1.165, 1.54) is 25.8 Å². The van der Waals surface area contributed by atoms with Gasteiger partial charge in [-0.25, -0.2) is 0 Å². The first-order chi connectivity index (χ1) is 4.75. The van der Waals surface area contributed by atoms with Gasteiger partial charge < -0.3 is 9.62 Å². The molecule has 1 saturated heterocycles. The summed E-state index contributed by atoms with van der Waals surface area (Å²) >= 11 is 0. The highest BCUT2D eigenvalue weighted by molar-refractivity contribution is 6.52. The molecule has 0 unspecified atom stereocenters. The third kappa shape index (κ3) is 1.52. The maximum absolute atomic E-state index is 2.43. The fourth-order valence-electron chi connectivity index (χ4n) is 1.83. The molecule has 0 aromatic carbocycles. The Hall–Kier alpha value is -0.0151. The molecule has 1 aliphatic heterocycles. The smallest absolute Gasteiger partial charge is 0.310 e. The molecule has 1 heterocycles. The summed E-state index contributed by atoms with van der Waals surface area (Å²) in [5.74, 6) is 0. The minimum Gasteiger partial charge on any atom is -0.331 e. The second kappa shape index (κ2) is 3.40. The Morgan fingerprint density at radius 3 is 2.00 bits per heavy atom. The monoisotopic (exact) mass is 140 g/mol. The molecule has 0 aliphatic carbocycles. The maximum atomic E-state index is 2.43. The van der Waals surface area contributed by atoms with Gasteiger partial charge in [0.1, 0.15) is 0 Å². The van der Waals surface area contributed by atoms with Gasteiger partial charge in [0.2, 0.25) is 0 Å². The van der Waals surface area contributed by atoms with E-state index in [0.29, 0.717) is 6.98 Å². The molecule has 10 heavy (non-hydrogen) atoms. The quantitative estimate of drug-likeness (QED) is 0.496. The second-order valence-electron chi connectivity index (χ2n) is 3.20. The van der Waals surface area contributed by atoms with Gasteiger partial charge in [0, 0.05) is 0 Å². The van der Waals surface area contributed by atoms with Crippen molar-refractivity contribution >= 4 is 6.98 Å². The van der Waals surface area contributed by atoms with Gasteiger partial charge in [-0.15, -0.1) is 0 Å². The second-order valence-corrected chi connectivity index (χ2v) is 3.20. The highest BCUT2D eigenvalue weighted by Gasteiger charge is 2.26. The zero-order valence-corrected chi connectivity index (χ0v) is 7.30. The van der Waals surface area contributed by atoms with E-state index in [0.717, 1.165) is 0 Å². The van der Waals surface area contributed by atoms with E-state index >= 15 is 0 Å². The highest BCUT2D eigenvalue weighted by Crippen LogP contribution is 2.09. The molecule has 0 amide bonds. The molecule has 1 fully saturated rings. The highest BCUT2D eigenvalue weighted by atomic mass is 15.2. The fourth-order valence-corrected chi connectivity index (χ4v) is 1.83. The van der Waals surface area contributed by atoms with Crippen molar-refractivity contribution in [2.24, 2.45) is 0 Å². The SMILES string of the molecule is CCB1N(C)CCCN1C. The molecule has 0 spiro atoms. The summed E-state index contributed by atoms with van der Waals surface area (Å²) in [6.45, 7) is 5.48. The van der Waals surface area contributed by atoms with E-state index in [-0.39, 0.29) is 0 Å². The maximum Gasteiger partial charge on any atom is 0.310 e. The van der Waals surface area contributed by atoms with Crippen LogP contribution in [-0.2, 0) is 0 Å². The van der Waals surface area contributed by atoms with Gasteiger partial charge in [-0.1, -0.05) is 6.92 Å². The molecule has 0 aromatic rings. The van der Waals surface area contributed by atoms with Gasteiger partial charge >= 0.3 is 6.98 Å². The number of rotatable bonds is 1. The van der Waals surface area contributed by atoms with E-state index < -0.39 is 0 Å². The molecule has 0 saturated carbocycles. The molecule has 0 aromatic heterocycles.